The van der Waals surface area contributed by atoms with Crippen molar-refractivity contribution in [1.29, 1.82) is 0 Å². The van der Waals surface area contributed by atoms with E-state index in [9.17, 15) is 18.0 Å². The molecule has 1 heterocycles. The third-order valence-corrected chi connectivity index (χ3v) is 5.54. The zero-order chi connectivity index (χ0) is 16.3. The van der Waals surface area contributed by atoms with Gasteiger partial charge in [-0.3, -0.25) is 4.79 Å². The molecule has 1 aliphatic heterocycles. The van der Waals surface area contributed by atoms with Gasteiger partial charge in [-0.05, 0) is 31.0 Å². The molecule has 0 aromatic heterocycles. The zero-order valence-corrected chi connectivity index (χ0v) is 13.2. The standard InChI is InChI=1S/C15H17NO5S/c1-10-13(7-8-22(10,19)20)14(17)16-9-11-3-5-12(6-4-11)15(18)21-2/h3-6H,7-9H2,1-2H3,(H,16,17). The molecule has 0 spiro atoms. The first-order chi connectivity index (χ1) is 10.3. The van der Waals surface area contributed by atoms with E-state index >= 15 is 0 Å². The van der Waals surface area contributed by atoms with Crippen LogP contribution in [0.3, 0.4) is 0 Å². The number of carbonyl (C=O) groups excluding carboxylic acids is 2. The second kappa shape index (κ2) is 6.31. The summed E-state index contributed by atoms with van der Waals surface area (Å²) in [5.74, 6) is -0.793. The minimum atomic E-state index is -3.25. The van der Waals surface area contributed by atoms with E-state index in [4.69, 9.17) is 0 Å². The number of carbonyl (C=O) groups is 2. The predicted molar refractivity (Wildman–Crippen MR) is 80.7 cm³/mol. The molecule has 6 nitrogen and oxygen atoms in total. The Kier molecular flexibility index (Phi) is 4.65. The van der Waals surface area contributed by atoms with Crippen molar-refractivity contribution >= 4 is 21.7 Å². The number of hydrogen-bond donors (Lipinski definition) is 1. The maximum atomic E-state index is 12.0. The van der Waals surface area contributed by atoms with Crippen molar-refractivity contribution < 1.29 is 22.7 Å². The van der Waals surface area contributed by atoms with Crippen molar-refractivity contribution in [2.24, 2.45) is 0 Å². The van der Waals surface area contributed by atoms with E-state index in [0.29, 0.717) is 11.1 Å². The summed E-state index contributed by atoms with van der Waals surface area (Å²) in [7, 11) is -1.95. The number of methoxy groups -OCH3 is 1. The van der Waals surface area contributed by atoms with Crippen LogP contribution in [0.25, 0.3) is 0 Å². The molecule has 1 aliphatic rings. The van der Waals surface area contributed by atoms with Gasteiger partial charge in [0.15, 0.2) is 9.84 Å². The summed E-state index contributed by atoms with van der Waals surface area (Å²) in [6.45, 7) is 1.72. The van der Waals surface area contributed by atoms with E-state index in [0.717, 1.165) is 5.56 Å². The summed E-state index contributed by atoms with van der Waals surface area (Å²) < 4.78 is 27.8. The summed E-state index contributed by atoms with van der Waals surface area (Å²) in [5.41, 5.74) is 1.56. The van der Waals surface area contributed by atoms with Crippen molar-refractivity contribution in [3.8, 4) is 0 Å². The van der Waals surface area contributed by atoms with Gasteiger partial charge in [0.2, 0.25) is 5.91 Å². The molecule has 0 saturated carbocycles. The van der Waals surface area contributed by atoms with Gasteiger partial charge in [-0.1, -0.05) is 12.1 Å². The van der Waals surface area contributed by atoms with Gasteiger partial charge in [0, 0.05) is 17.0 Å². The number of amides is 1. The Morgan fingerprint density at radius 3 is 2.36 bits per heavy atom. The molecule has 0 bridgehead atoms. The lowest BCUT2D eigenvalue weighted by Crippen LogP contribution is -2.24. The van der Waals surface area contributed by atoms with Crippen molar-refractivity contribution in [3.05, 3.63) is 45.9 Å². The van der Waals surface area contributed by atoms with Crippen molar-refractivity contribution in [2.45, 2.75) is 19.9 Å². The van der Waals surface area contributed by atoms with Gasteiger partial charge in [-0.2, -0.15) is 0 Å². The normalized spacial score (nSPS) is 16.5. The summed E-state index contributed by atoms with van der Waals surface area (Å²) in [6.07, 6.45) is 0.251. The second-order valence-corrected chi connectivity index (χ2v) is 7.22. The Morgan fingerprint density at radius 1 is 1.23 bits per heavy atom. The van der Waals surface area contributed by atoms with Crippen LogP contribution in [0, 0.1) is 0 Å². The molecule has 0 atom stereocenters. The number of allylic oxidation sites excluding steroid dienone is 1. The van der Waals surface area contributed by atoms with E-state index in [1.807, 2.05) is 0 Å². The topological polar surface area (TPSA) is 89.5 Å². The van der Waals surface area contributed by atoms with Gasteiger partial charge in [0.05, 0.1) is 18.4 Å². The van der Waals surface area contributed by atoms with Crippen LogP contribution in [0.2, 0.25) is 0 Å². The second-order valence-electron chi connectivity index (χ2n) is 4.97. The molecule has 1 amide bonds. The van der Waals surface area contributed by atoms with Gasteiger partial charge in [-0.15, -0.1) is 0 Å². The van der Waals surface area contributed by atoms with Crippen LogP contribution in [-0.2, 0) is 25.9 Å². The van der Waals surface area contributed by atoms with Crippen LogP contribution in [-0.4, -0.2) is 33.2 Å². The molecular formula is C15H17NO5S. The minimum absolute atomic E-state index is 0.00455. The van der Waals surface area contributed by atoms with Gasteiger partial charge in [0.1, 0.15) is 0 Å². The Labute approximate surface area is 129 Å². The van der Waals surface area contributed by atoms with Crippen LogP contribution in [0.1, 0.15) is 29.3 Å². The first-order valence-corrected chi connectivity index (χ1v) is 8.38. The quantitative estimate of drug-likeness (QED) is 0.841. The van der Waals surface area contributed by atoms with E-state index in [1.165, 1.54) is 14.0 Å². The Bertz CT molecular complexity index is 732. The fraction of sp³-hybridized carbons (Fsp3) is 0.333. The molecule has 1 aromatic carbocycles. The van der Waals surface area contributed by atoms with Gasteiger partial charge >= 0.3 is 5.97 Å². The lowest BCUT2D eigenvalue weighted by Gasteiger charge is -2.07. The number of rotatable bonds is 4. The Hall–Kier alpha value is -2.15. The third kappa shape index (κ3) is 3.36. The Balaban J connectivity index is 2.00. The predicted octanol–water partition coefficient (Wildman–Crippen LogP) is 1.18. The highest BCUT2D eigenvalue weighted by atomic mass is 32.2. The van der Waals surface area contributed by atoms with Crippen LogP contribution >= 0.6 is 0 Å². The molecule has 0 saturated heterocycles. The van der Waals surface area contributed by atoms with Gasteiger partial charge in [-0.25, -0.2) is 13.2 Å². The summed E-state index contributed by atoms with van der Waals surface area (Å²) in [6, 6.07) is 6.63. The van der Waals surface area contributed by atoms with Crippen molar-refractivity contribution in [3.63, 3.8) is 0 Å². The number of esters is 1. The van der Waals surface area contributed by atoms with E-state index in [2.05, 4.69) is 10.1 Å². The third-order valence-electron chi connectivity index (χ3n) is 3.61. The highest BCUT2D eigenvalue weighted by Crippen LogP contribution is 2.25. The summed E-state index contributed by atoms with van der Waals surface area (Å²) >= 11 is 0. The molecule has 1 N–H and O–H groups in total. The highest BCUT2D eigenvalue weighted by molar-refractivity contribution is 7.95. The number of nitrogens with one attached hydrogen (secondary N) is 1. The first-order valence-electron chi connectivity index (χ1n) is 6.73. The fourth-order valence-electron chi connectivity index (χ4n) is 2.19. The summed E-state index contributed by atoms with van der Waals surface area (Å²) in [5, 5.41) is 2.69. The zero-order valence-electron chi connectivity index (χ0n) is 12.4. The van der Waals surface area contributed by atoms with E-state index in [-0.39, 0.29) is 29.5 Å². The molecule has 22 heavy (non-hydrogen) atoms. The molecule has 2 rings (SSSR count). The molecule has 0 fully saturated rings. The van der Waals surface area contributed by atoms with Crippen LogP contribution < -0.4 is 5.32 Å². The number of benzene rings is 1. The monoisotopic (exact) mass is 323 g/mol. The fourth-order valence-corrected chi connectivity index (χ4v) is 3.54. The van der Waals surface area contributed by atoms with Crippen LogP contribution in [0.4, 0.5) is 0 Å². The number of ether oxygens (including phenoxy) is 1. The molecule has 1 aromatic rings. The molecule has 0 radical (unpaired) electrons. The number of sulfone groups is 1. The average Bonchev–Trinajstić information content (AvgIpc) is 2.79. The SMILES string of the molecule is COC(=O)c1ccc(CNC(=O)C2=C(C)S(=O)(=O)CC2)cc1. The van der Waals surface area contributed by atoms with Gasteiger partial charge in [0.25, 0.3) is 0 Å². The summed E-state index contributed by atoms with van der Waals surface area (Å²) in [4.78, 5) is 23.5. The maximum Gasteiger partial charge on any atom is 0.337 e. The molecular weight excluding hydrogens is 306 g/mol. The number of hydrogen-bond acceptors (Lipinski definition) is 5. The molecule has 0 aliphatic carbocycles. The lowest BCUT2D eigenvalue weighted by molar-refractivity contribution is -0.117. The Morgan fingerprint density at radius 2 is 1.86 bits per heavy atom. The molecule has 7 heteroatoms. The van der Waals surface area contributed by atoms with Crippen molar-refractivity contribution in [2.75, 3.05) is 12.9 Å². The van der Waals surface area contributed by atoms with E-state index < -0.39 is 15.8 Å². The van der Waals surface area contributed by atoms with Gasteiger partial charge < -0.3 is 10.1 Å². The average molecular weight is 323 g/mol. The lowest BCUT2D eigenvalue weighted by atomic mass is 10.1. The minimum Gasteiger partial charge on any atom is -0.465 e. The molecule has 118 valence electrons. The molecule has 0 unspecified atom stereocenters. The smallest absolute Gasteiger partial charge is 0.337 e. The van der Waals surface area contributed by atoms with Crippen LogP contribution in [0.15, 0.2) is 34.7 Å². The maximum absolute atomic E-state index is 12.0. The van der Waals surface area contributed by atoms with E-state index in [1.54, 1.807) is 24.3 Å². The van der Waals surface area contributed by atoms with Crippen molar-refractivity contribution in [1.82, 2.24) is 5.32 Å². The first kappa shape index (κ1) is 16.2. The largest absolute Gasteiger partial charge is 0.465 e. The highest BCUT2D eigenvalue weighted by Gasteiger charge is 2.29. The van der Waals surface area contributed by atoms with Crippen LogP contribution in [0.5, 0.6) is 0 Å².